The molecule has 1 N–H and O–H groups in total. The van der Waals surface area contributed by atoms with E-state index in [9.17, 15) is 0 Å². The molecule has 2 heteroatoms. The van der Waals surface area contributed by atoms with Crippen LogP contribution in [0.1, 0.15) is 43.7 Å². The number of nitrogens with zero attached hydrogens (tertiary/aromatic N) is 1. The number of hydrogen-bond acceptors (Lipinski definition) is 2. The van der Waals surface area contributed by atoms with Gasteiger partial charge in [0.15, 0.2) is 0 Å². The molecular weight excluding hydrogens is 232 g/mol. The highest BCUT2D eigenvalue weighted by Gasteiger charge is 2.34. The smallest absolute Gasteiger partial charge is 0.0240 e. The Morgan fingerprint density at radius 1 is 1.21 bits per heavy atom. The molecule has 0 spiro atoms. The summed E-state index contributed by atoms with van der Waals surface area (Å²) in [5.41, 5.74) is 3.60. The fourth-order valence-electron chi connectivity index (χ4n) is 3.98. The summed E-state index contributed by atoms with van der Waals surface area (Å²) in [4.78, 5) is 2.66. The van der Waals surface area contributed by atoms with E-state index in [1.165, 1.54) is 56.4 Å². The van der Waals surface area contributed by atoms with Crippen molar-refractivity contribution in [3.8, 4) is 0 Å². The molecule has 0 radical (unpaired) electrons. The Morgan fingerprint density at radius 2 is 1.95 bits per heavy atom. The number of rotatable bonds is 4. The standard InChI is InChI=1S/C17H26N2/c1-2-8-17(9-5-10-18-13-17)14-19-11-15-6-3-4-7-16(15)12-19/h3-4,6-7,18H,2,5,8-14H2,1H3. The number of piperidine rings is 1. The van der Waals surface area contributed by atoms with Gasteiger partial charge in [-0.2, -0.15) is 0 Å². The summed E-state index contributed by atoms with van der Waals surface area (Å²) in [6.07, 6.45) is 5.43. The zero-order valence-corrected chi connectivity index (χ0v) is 12.1. The van der Waals surface area contributed by atoms with Crippen LogP contribution >= 0.6 is 0 Å². The zero-order valence-electron chi connectivity index (χ0n) is 12.1. The van der Waals surface area contributed by atoms with Crippen molar-refractivity contribution in [2.45, 2.75) is 45.7 Å². The van der Waals surface area contributed by atoms with Gasteiger partial charge < -0.3 is 5.32 Å². The molecule has 1 fully saturated rings. The maximum absolute atomic E-state index is 3.63. The van der Waals surface area contributed by atoms with Gasteiger partial charge in [0.05, 0.1) is 0 Å². The molecule has 2 aliphatic heterocycles. The van der Waals surface area contributed by atoms with Gasteiger partial charge in [-0.3, -0.25) is 4.90 Å². The quantitative estimate of drug-likeness (QED) is 0.892. The lowest BCUT2D eigenvalue weighted by Gasteiger charge is -2.40. The van der Waals surface area contributed by atoms with Gasteiger partial charge in [0, 0.05) is 26.2 Å². The summed E-state index contributed by atoms with van der Waals surface area (Å²) < 4.78 is 0. The van der Waals surface area contributed by atoms with Gasteiger partial charge in [-0.1, -0.05) is 37.6 Å². The Hall–Kier alpha value is -0.860. The van der Waals surface area contributed by atoms with E-state index in [-0.39, 0.29) is 0 Å². The largest absolute Gasteiger partial charge is 0.316 e. The van der Waals surface area contributed by atoms with Crippen LogP contribution in [0.25, 0.3) is 0 Å². The van der Waals surface area contributed by atoms with Gasteiger partial charge in [0.25, 0.3) is 0 Å². The molecule has 0 bridgehead atoms. The molecule has 0 saturated carbocycles. The molecular formula is C17H26N2. The minimum Gasteiger partial charge on any atom is -0.316 e. The van der Waals surface area contributed by atoms with Crippen molar-refractivity contribution in [2.75, 3.05) is 19.6 Å². The lowest BCUT2D eigenvalue weighted by Crippen LogP contribution is -2.46. The molecule has 1 unspecified atom stereocenters. The topological polar surface area (TPSA) is 15.3 Å². The Kier molecular flexibility index (Phi) is 3.90. The third-order valence-electron chi connectivity index (χ3n) is 4.81. The highest BCUT2D eigenvalue weighted by Crippen LogP contribution is 2.35. The Morgan fingerprint density at radius 3 is 2.53 bits per heavy atom. The maximum Gasteiger partial charge on any atom is 0.0240 e. The van der Waals surface area contributed by atoms with E-state index in [1.54, 1.807) is 0 Å². The number of fused-ring (bicyclic) bond motifs is 1. The number of nitrogens with one attached hydrogen (secondary N) is 1. The average molecular weight is 258 g/mol. The second-order valence-corrected chi connectivity index (χ2v) is 6.44. The van der Waals surface area contributed by atoms with Crippen LogP contribution in [0.5, 0.6) is 0 Å². The van der Waals surface area contributed by atoms with Gasteiger partial charge in [0.2, 0.25) is 0 Å². The number of benzene rings is 1. The molecule has 1 atom stereocenters. The number of hydrogen-bond donors (Lipinski definition) is 1. The SMILES string of the molecule is CCCC1(CN2Cc3ccccc3C2)CCCNC1. The molecule has 3 rings (SSSR count). The molecule has 2 aliphatic rings. The van der Waals surface area contributed by atoms with Crippen molar-refractivity contribution in [3.63, 3.8) is 0 Å². The van der Waals surface area contributed by atoms with Crippen LogP contribution in [0, 0.1) is 5.41 Å². The van der Waals surface area contributed by atoms with E-state index >= 15 is 0 Å². The highest BCUT2D eigenvalue weighted by molar-refractivity contribution is 5.30. The molecule has 1 saturated heterocycles. The average Bonchev–Trinajstić information content (AvgIpc) is 2.81. The molecule has 1 aromatic carbocycles. The lowest BCUT2D eigenvalue weighted by atomic mass is 9.76. The van der Waals surface area contributed by atoms with Crippen molar-refractivity contribution in [3.05, 3.63) is 35.4 Å². The Bertz CT molecular complexity index is 391. The summed E-state index contributed by atoms with van der Waals surface area (Å²) in [5.74, 6) is 0. The summed E-state index contributed by atoms with van der Waals surface area (Å²) in [6, 6.07) is 8.93. The third-order valence-corrected chi connectivity index (χ3v) is 4.81. The molecule has 1 aromatic rings. The first-order valence-corrected chi connectivity index (χ1v) is 7.81. The van der Waals surface area contributed by atoms with Crippen molar-refractivity contribution in [1.29, 1.82) is 0 Å². The second kappa shape index (κ2) is 5.64. The lowest BCUT2D eigenvalue weighted by molar-refractivity contribution is 0.105. The van der Waals surface area contributed by atoms with Gasteiger partial charge in [-0.25, -0.2) is 0 Å². The molecule has 19 heavy (non-hydrogen) atoms. The van der Waals surface area contributed by atoms with Gasteiger partial charge >= 0.3 is 0 Å². The van der Waals surface area contributed by atoms with Crippen LogP contribution in [0.2, 0.25) is 0 Å². The van der Waals surface area contributed by atoms with Crippen LogP contribution in [0.4, 0.5) is 0 Å². The van der Waals surface area contributed by atoms with Crippen molar-refractivity contribution in [2.24, 2.45) is 5.41 Å². The predicted molar refractivity (Wildman–Crippen MR) is 80.0 cm³/mol. The molecule has 0 amide bonds. The van der Waals surface area contributed by atoms with Gasteiger partial charge in [-0.15, -0.1) is 0 Å². The predicted octanol–water partition coefficient (Wildman–Crippen LogP) is 3.17. The Labute approximate surface area is 117 Å². The van der Waals surface area contributed by atoms with E-state index in [4.69, 9.17) is 0 Å². The molecule has 0 aromatic heterocycles. The van der Waals surface area contributed by atoms with Crippen LogP contribution in [-0.4, -0.2) is 24.5 Å². The van der Waals surface area contributed by atoms with Crippen LogP contribution < -0.4 is 5.32 Å². The van der Waals surface area contributed by atoms with Crippen LogP contribution in [0.15, 0.2) is 24.3 Å². The third kappa shape index (κ3) is 2.85. The maximum atomic E-state index is 3.63. The van der Waals surface area contributed by atoms with Crippen molar-refractivity contribution in [1.82, 2.24) is 10.2 Å². The van der Waals surface area contributed by atoms with E-state index in [0.717, 1.165) is 13.1 Å². The first kappa shape index (κ1) is 13.1. The van der Waals surface area contributed by atoms with Crippen LogP contribution in [-0.2, 0) is 13.1 Å². The fraction of sp³-hybridized carbons (Fsp3) is 0.647. The van der Waals surface area contributed by atoms with Crippen molar-refractivity contribution < 1.29 is 0 Å². The minimum atomic E-state index is 0.523. The van der Waals surface area contributed by atoms with E-state index in [2.05, 4.69) is 41.4 Å². The van der Waals surface area contributed by atoms with Crippen molar-refractivity contribution >= 4 is 0 Å². The second-order valence-electron chi connectivity index (χ2n) is 6.44. The van der Waals surface area contributed by atoms with E-state index in [1.807, 2.05) is 0 Å². The van der Waals surface area contributed by atoms with E-state index in [0.29, 0.717) is 5.41 Å². The monoisotopic (exact) mass is 258 g/mol. The molecule has 2 nitrogen and oxygen atoms in total. The molecule has 2 heterocycles. The van der Waals surface area contributed by atoms with Gasteiger partial charge in [-0.05, 0) is 42.3 Å². The first-order chi connectivity index (χ1) is 9.31. The van der Waals surface area contributed by atoms with E-state index < -0.39 is 0 Å². The first-order valence-electron chi connectivity index (χ1n) is 7.81. The summed E-state index contributed by atoms with van der Waals surface area (Å²) in [6.45, 7) is 8.33. The summed E-state index contributed by atoms with van der Waals surface area (Å²) in [7, 11) is 0. The molecule has 0 aliphatic carbocycles. The highest BCUT2D eigenvalue weighted by atomic mass is 15.2. The van der Waals surface area contributed by atoms with Crippen LogP contribution in [0.3, 0.4) is 0 Å². The van der Waals surface area contributed by atoms with Gasteiger partial charge in [0.1, 0.15) is 0 Å². The normalized spacial score (nSPS) is 27.4. The molecule has 104 valence electrons. The summed E-state index contributed by atoms with van der Waals surface area (Å²) >= 11 is 0. The summed E-state index contributed by atoms with van der Waals surface area (Å²) in [5, 5.41) is 3.63. The fourth-order valence-corrected chi connectivity index (χ4v) is 3.98. The Balaban J connectivity index is 1.67. The minimum absolute atomic E-state index is 0.523. The zero-order chi connectivity index (χ0) is 13.1.